The molecule has 0 saturated carbocycles. The van der Waals surface area contributed by atoms with Crippen LogP contribution in [0.1, 0.15) is 30.3 Å². The molecule has 1 aliphatic heterocycles. The van der Waals surface area contributed by atoms with Crippen LogP contribution >= 0.6 is 11.3 Å². The Morgan fingerprint density at radius 3 is 2.58 bits per heavy atom. The van der Waals surface area contributed by atoms with Gasteiger partial charge in [0.2, 0.25) is 11.7 Å². The summed E-state index contributed by atoms with van der Waals surface area (Å²) in [6.07, 6.45) is 2.60. The third-order valence-corrected chi connectivity index (χ3v) is 6.67. The number of anilines is 1. The number of fused-ring (bicyclic) bond motifs is 1. The molecule has 3 aromatic rings. The molecule has 8 heteroatoms. The van der Waals surface area contributed by atoms with Crippen molar-refractivity contribution < 1.29 is 19.0 Å². The van der Waals surface area contributed by atoms with Crippen LogP contribution in [-0.2, 0) is 4.79 Å². The Morgan fingerprint density at radius 1 is 1.16 bits per heavy atom. The first-order chi connectivity index (χ1) is 15.1. The number of thiazole rings is 1. The number of nitrogens with zero attached hydrogens (tertiary/aromatic N) is 2. The summed E-state index contributed by atoms with van der Waals surface area (Å²) >= 11 is 1.75. The van der Waals surface area contributed by atoms with E-state index in [2.05, 4.69) is 22.3 Å². The number of rotatable bonds is 8. The maximum Gasteiger partial charge on any atom is 0.225 e. The summed E-state index contributed by atoms with van der Waals surface area (Å²) in [6.45, 7) is 1.68. The number of nitrogens with one attached hydrogen (secondary N) is 1. The van der Waals surface area contributed by atoms with E-state index in [4.69, 9.17) is 19.2 Å². The molecular formula is C23H27N3O4S. The van der Waals surface area contributed by atoms with Crippen molar-refractivity contribution in [2.24, 2.45) is 0 Å². The minimum Gasteiger partial charge on any atom is -0.493 e. The average Bonchev–Trinajstić information content (AvgIpc) is 3.43. The van der Waals surface area contributed by atoms with Crippen molar-refractivity contribution in [3.63, 3.8) is 0 Å². The molecule has 4 rings (SSSR count). The van der Waals surface area contributed by atoms with Crippen LogP contribution in [0, 0.1) is 0 Å². The normalized spacial score (nSPS) is 16.4. The minimum atomic E-state index is -0.0516. The van der Waals surface area contributed by atoms with Crippen LogP contribution in [0.25, 0.3) is 10.2 Å². The summed E-state index contributed by atoms with van der Waals surface area (Å²) in [4.78, 5) is 19.8. The van der Waals surface area contributed by atoms with E-state index in [-0.39, 0.29) is 11.9 Å². The second kappa shape index (κ2) is 9.53. The Labute approximate surface area is 185 Å². The Kier molecular flexibility index (Phi) is 6.58. The lowest BCUT2D eigenvalue weighted by Crippen LogP contribution is -2.27. The quantitative estimate of drug-likeness (QED) is 0.555. The number of methoxy groups -OCH3 is 3. The molecule has 164 valence electrons. The highest BCUT2D eigenvalue weighted by Crippen LogP contribution is 2.40. The molecule has 1 fully saturated rings. The molecule has 1 aliphatic rings. The average molecular weight is 442 g/mol. The van der Waals surface area contributed by atoms with Crippen LogP contribution in [0.5, 0.6) is 17.2 Å². The van der Waals surface area contributed by atoms with Gasteiger partial charge in [-0.05, 0) is 31.5 Å². The first-order valence-electron chi connectivity index (χ1n) is 10.3. The van der Waals surface area contributed by atoms with Gasteiger partial charge in [-0.2, -0.15) is 0 Å². The van der Waals surface area contributed by atoms with Gasteiger partial charge in [0.1, 0.15) is 5.01 Å². The zero-order valence-electron chi connectivity index (χ0n) is 18.0. The van der Waals surface area contributed by atoms with Crippen LogP contribution in [0.2, 0.25) is 0 Å². The van der Waals surface area contributed by atoms with Crippen molar-refractivity contribution in [1.82, 2.24) is 9.88 Å². The first-order valence-corrected chi connectivity index (χ1v) is 11.1. The standard InChI is InChI=1S/C23H27N3O4S/c1-28-18-13-15(14-19(29-2)22(18)30-3)24-21(27)10-12-26-11-6-8-17(26)23-25-16-7-4-5-9-20(16)31-23/h4-5,7,9,13-14,17H,6,8,10-12H2,1-3H3,(H,24,27). The maximum absolute atomic E-state index is 12.6. The number of likely N-dealkylation sites (tertiary alicyclic amines) is 1. The highest BCUT2D eigenvalue weighted by Gasteiger charge is 2.28. The molecule has 7 nitrogen and oxygen atoms in total. The number of carbonyl (C=O) groups excluding carboxylic acids is 1. The van der Waals surface area contributed by atoms with E-state index in [0.717, 1.165) is 29.9 Å². The Balaban J connectivity index is 1.40. The van der Waals surface area contributed by atoms with Gasteiger partial charge in [0.05, 0.1) is 37.6 Å². The molecule has 0 radical (unpaired) electrons. The number of amides is 1. The van der Waals surface area contributed by atoms with E-state index < -0.39 is 0 Å². The summed E-state index contributed by atoms with van der Waals surface area (Å²) in [5.74, 6) is 1.46. The summed E-state index contributed by atoms with van der Waals surface area (Å²) in [6, 6.07) is 12.0. The van der Waals surface area contributed by atoms with Crippen molar-refractivity contribution in [2.45, 2.75) is 25.3 Å². The molecule has 1 unspecified atom stereocenters. The van der Waals surface area contributed by atoms with Crippen LogP contribution in [0.4, 0.5) is 5.69 Å². The predicted octanol–water partition coefficient (Wildman–Crippen LogP) is 4.49. The van der Waals surface area contributed by atoms with E-state index in [1.54, 1.807) is 44.8 Å². The number of hydrogen-bond donors (Lipinski definition) is 1. The van der Waals surface area contributed by atoms with Crippen molar-refractivity contribution in [1.29, 1.82) is 0 Å². The topological polar surface area (TPSA) is 72.9 Å². The number of benzene rings is 2. The smallest absolute Gasteiger partial charge is 0.225 e. The highest BCUT2D eigenvalue weighted by atomic mass is 32.1. The van der Waals surface area contributed by atoms with Crippen LogP contribution in [0.15, 0.2) is 36.4 Å². The zero-order chi connectivity index (χ0) is 21.8. The van der Waals surface area contributed by atoms with E-state index in [9.17, 15) is 4.79 Å². The number of ether oxygens (including phenoxy) is 3. The molecule has 0 bridgehead atoms. The molecule has 1 aromatic heterocycles. The van der Waals surface area contributed by atoms with Crippen molar-refractivity contribution in [2.75, 3.05) is 39.7 Å². The van der Waals surface area contributed by atoms with Gasteiger partial charge >= 0.3 is 0 Å². The molecule has 1 saturated heterocycles. The molecule has 0 aliphatic carbocycles. The molecule has 2 heterocycles. The van der Waals surface area contributed by atoms with Gasteiger partial charge in [0, 0.05) is 30.8 Å². The highest BCUT2D eigenvalue weighted by molar-refractivity contribution is 7.18. The molecule has 0 spiro atoms. The summed E-state index contributed by atoms with van der Waals surface area (Å²) in [5.41, 5.74) is 1.66. The van der Waals surface area contributed by atoms with Gasteiger partial charge in [-0.25, -0.2) is 4.98 Å². The van der Waals surface area contributed by atoms with Crippen molar-refractivity contribution in [3.05, 3.63) is 41.4 Å². The van der Waals surface area contributed by atoms with E-state index in [1.165, 1.54) is 4.70 Å². The third kappa shape index (κ3) is 4.60. The molecule has 1 N–H and O–H groups in total. The van der Waals surface area contributed by atoms with Gasteiger partial charge in [-0.1, -0.05) is 12.1 Å². The first kappa shape index (κ1) is 21.4. The van der Waals surface area contributed by atoms with Gasteiger partial charge < -0.3 is 19.5 Å². The summed E-state index contributed by atoms with van der Waals surface area (Å²) in [5, 5.41) is 4.09. The van der Waals surface area contributed by atoms with Crippen molar-refractivity contribution >= 4 is 33.1 Å². The fourth-order valence-electron chi connectivity index (χ4n) is 4.03. The largest absolute Gasteiger partial charge is 0.493 e. The van der Waals surface area contributed by atoms with Gasteiger partial charge in [-0.3, -0.25) is 9.69 Å². The molecule has 2 aromatic carbocycles. The van der Waals surface area contributed by atoms with Crippen LogP contribution in [0.3, 0.4) is 0 Å². The predicted molar refractivity (Wildman–Crippen MR) is 123 cm³/mol. The van der Waals surface area contributed by atoms with E-state index in [1.807, 2.05) is 12.1 Å². The molecular weight excluding hydrogens is 414 g/mol. The Morgan fingerprint density at radius 2 is 1.90 bits per heavy atom. The monoisotopic (exact) mass is 441 g/mol. The number of para-hydroxylation sites is 1. The minimum absolute atomic E-state index is 0.0516. The van der Waals surface area contributed by atoms with E-state index >= 15 is 0 Å². The fourth-order valence-corrected chi connectivity index (χ4v) is 5.17. The number of aromatic nitrogens is 1. The lowest BCUT2D eigenvalue weighted by atomic mass is 10.2. The second-order valence-electron chi connectivity index (χ2n) is 7.43. The SMILES string of the molecule is COc1cc(NC(=O)CCN2CCCC2c2nc3ccccc3s2)cc(OC)c1OC. The van der Waals surface area contributed by atoms with Gasteiger partial charge in [-0.15, -0.1) is 11.3 Å². The molecule has 1 amide bonds. The van der Waals surface area contributed by atoms with Gasteiger partial charge in [0.25, 0.3) is 0 Å². The molecule has 1 atom stereocenters. The summed E-state index contributed by atoms with van der Waals surface area (Å²) in [7, 11) is 4.66. The Hall–Kier alpha value is -2.84. The Bertz CT molecular complexity index is 1010. The van der Waals surface area contributed by atoms with Crippen molar-refractivity contribution in [3.8, 4) is 17.2 Å². The van der Waals surface area contributed by atoms with Crippen LogP contribution in [-0.4, -0.2) is 50.2 Å². The lowest BCUT2D eigenvalue weighted by molar-refractivity contribution is -0.116. The summed E-state index contributed by atoms with van der Waals surface area (Å²) < 4.78 is 17.3. The number of carbonyl (C=O) groups is 1. The maximum atomic E-state index is 12.6. The fraction of sp³-hybridized carbons (Fsp3) is 0.391. The molecule has 31 heavy (non-hydrogen) atoms. The number of hydrogen-bond acceptors (Lipinski definition) is 7. The lowest BCUT2D eigenvalue weighted by Gasteiger charge is -2.22. The van der Waals surface area contributed by atoms with E-state index in [0.29, 0.717) is 35.9 Å². The zero-order valence-corrected chi connectivity index (χ0v) is 18.8. The third-order valence-electron chi connectivity index (χ3n) is 5.53. The van der Waals surface area contributed by atoms with Gasteiger partial charge in [0.15, 0.2) is 11.5 Å². The second-order valence-corrected chi connectivity index (χ2v) is 8.49. The van der Waals surface area contributed by atoms with Crippen LogP contribution < -0.4 is 19.5 Å².